The normalized spacial score (nSPS) is 13.1. The fourth-order valence-electron chi connectivity index (χ4n) is 3.91. The lowest BCUT2D eigenvalue weighted by Gasteiger charge is -2.19. The van der Waals surface area contributed by atoms with Crippen LogP contribution in [0.5, 0.6) is 0 Å². The van der Waals surface area contributed by atoms with Crippen molar-refractivity contribution in [1.82, 2.24) is 4.90 Å². The van der Waals surface area contributed by atoms with Crippen LogP contribution < -0.4 is 0 Å². The first kappa shape index (κ1) is 36.6. The Bertz CT molecular complexity index is 541. The summed E-state index contributed by atoms with van der Waals surface area (Å²) in [6, 6.07) is 0. The summed E-state index contributed by atoms with van der Waals surface area (Å²) < 4.78 is 27.5. The van der Waals surface area contributed by atoms with E-state index in [1.54, 1.807) is 6.92 Å². The second kappa shape index (κ2) is 25.9. The second-order valence-corrected chi connectivity index (χ2v) is 10.5. The third-order valence-electron chi connectivity index (χ3n) is 6.02. The summed E-state index contributed by atoms with van der Waals surface area (Å²) in [5.41, 5.74) is 0. The highest BCUT2D eigenvalue weighted by Crippen LogP contribution is 2.12. The Kier molecular flexibility index (Phi) is 24.9. The summed E-state index contributed by atoms with van der Waals surface area (Å²) in [6.07, 6.45) is 13.6. The Balaban J connectivity index is 4.24. The van der Waals surface area contributed by atoms with Gasteiger partial charge in [-0.3, -0.25) is 4.79 Å². The van der Waals surface area contributed by atoms with Gasteiger partial charge in [0.15, 0.2) is 6.29 Å². The van der Waals surface area contributed by atoms with Gasteiger partial charge < -0.3 is 28.6 Å². The molecule has 0 rings (SSSR count). The second-order valence-electron chi connectivity index (χ2n) is 10.5. The van der Waals surface area contributed by atoms with Crippen molar-refractivity contribution < 1.29 is 33.3 Å². The number of hydrogen-bond donors (Lipinski definition) is 0. The molecule has 0 N–H and O–H groups in total. The molecule has 0 amide bonds. The molecular formula is C30H58NO7. The molecule has 0 aromatic carbocycles. The van der Waals surface area contributed by atoms with Crippen molar-refractivity contribution in [3.8, 4) is 0 Å². The van der Waals surface area contributed by atoms with Gasteiger partial charge in [0.1, 0.15) is 12.7 Å². The average molecular weight is 545 g/mol. The van der Waals surface area contributed by atoms with Gasteiger partial charge in [-0.15, -0.1) is 0 Å². The molecule has 0 bridgehead atoms. The molecule has 0 spiro atoms. The summed E-state index contributed by atoms with van der Waals surface area (Å²) in [5, 5.41) is 0. The molecule has 0 aliphatic rings. The fraction of sp³-hybridized carbons (Fsp3) is 0.900. The monoisotopic (exact) mass is 544 g/mol. The van der Waals surface area contributed by atoms with Gasteiger partial charge in [0, 0.05) is 32.1 Å². The maximum absolute atomic E-state index is 12.3. The minimum absolute atomic E-state index is 0.0200. The number of rotatable bonds is 26. The van der Waals surface area contributed by atoms with Crippen LogP contribution in [0.4, 0.5) is 4.79 Å². The highest BCUT2D eigenvalue weighted by molar-refractivity contribution is 5.69. The van der Waals surface area contributed by atoms with Crippen LogP contribution in [0, 0.1) is 12.8 Å². The van der Waals surface area contributed by atoms with Crippen molar-refractivity contribution in [2.75, 3.05) is 47.1 Å². The number of ether oxygens (including phenoxy) is 5. The lowest BCUT2D eigenvalue weighted by molar-refractivity contribution is -0.160. The lowest BCUT2D eigenvalue weighted by atomic mass is 10.1. The van der Waals surface area contributed by atoms with Crippen molar-refractivity contribution >= 4 is 12.1 Å². The third kappa shape index (κ3) is 24.9. The molecule has 0 aliphatic carbocycles. The standard InChI is InChI=1S/C30H58NO7/c1-7-9-11-13-15-17-21-34-29(35-22-18-16-14-12-10-8-2)20-19-28(32)36-24-26(3)25-37-30(33)38-27(4)23-31(5)6/h26-27,29H,3,7-25H2,1-2,4-6H3. The minimum Gasteiger partial charge on any atom is -0.465 e. The molecule has 0 aromatic heterocycles. The van der Waals surface area contributed by atoms with E-state index in [0.29, 0.717) is 26.2 Å². The Hall–Kier alpha value is -1.38. The summed E-state index contributed by atoms with van der Waals surface area (Å²) in [7, 11) is 3.80. The van der Waals surface area contributed by atoms with Gasteiger partial charge in [-0.25, -0.2) is 4.79 Å². The van der Waals surface area contributed by atoms with Gasteiger partial charge in [0.05, 0.1) is 13.0 Å². The molecule has 0 heterocycles. The van der Waals surface area contributed by atoms with Crippen LogP contribution in [0.2, 0.25) is 0 Å². The smallest absolute Gasteiger partial charge is 0.465 e. The zero-order valence-electron chi connectivity index (χ0n) is 25.2. The quantitative estimate of drug-likeness (QED) is 0.0657. The van der Waals surface area contributed by atoms with Gasteiger partial charge in [-0.05, 0) is 40.8 Å². The van der Waals surface area contributed by atoms with E-state index in [2.05, 4.69) is 20.8 Å². The topological polar surface area (TPSA) is 83.5 Å². The van der Waals surface area contributed by atoms with Crippen molar-refractivity contribution in [2.45, 2.75) is 123 Å². The number of hydrogen-bond acceptors (Lipinski definition) is 8. The van der Waals surface area contributed by atoms with Gasteiger partial charge in [0.2, 0.25) is 0 Å². The molecule has 0 aliphatic heterocycles. The number of esters is 1. The molecule has 225 valence electrons. The zero-order valence-corrected chi connectivity index (χ0v) is 25.2. The highest BCUT2D eigenvalue weighted by atomic mass is 16.7. The number of carbonyl (C=O) groups is 2. The van der Waals surface area contributed by atoms with Crippen LogP contribution in [-0.4, -0.2) is 76.5 Å². The first-order chi connectivity index (χ1) is 18.3. The molecule has 2 unspecified atom stereocenters. The molecule has 0 saturated carbocycles. The van der Waals surface area contributed by atoms with E-state index >= 15 is 0 Å². The first-order valence-corrected chi connectivity index (χ1v) is 15.0. The van der Waals surface area contributed by atoms with Crippen molar-refractivity contribution in [3.63, 3.8) is 0 Å². The maximum atomic E-state index is 12.3. The number of likely N-dealkylation sites (N-methyl/N-ethyl adjacent to an activating group) is 1. The van der Waals surface area contributed by atoms with Crippen molar-refractivity contribution in [3.05, 3.63) is 6.92 Å². The van der Waals surface area contributed by atoms with E-state index in [0.717, 1.165) is 25.7 Å². The van der Waals surface area contributed by atoms with Gasteiger partial charge in [-0.1, -0.05) is 78.1 Å². The Morgan fingerprint density at radius 3 is 1.79 bits per heavy atom. The summed E-state index contributed by atoms with van der Waals surface area (Å²) in [6.45, 7) is 12.1. The Morgan fingerprint density at radius 1 is 0.763 bits per heavy atom. The third-order valence-corrected chi connectivity index (χ3v) is 6.02. The molecule has 0 saturated heterocycles. The zero-order chi connectivity index (χ0) is 28.4. The highest BCUT2D eigenvalue weighted by Gasteiger charge is 2.16. The summed E-state index contributed by atoms with van der Waals surface area (Å²) in [4.78, 5) is 26.0. The molecule has 8 heteroatoms. The van der Waals surface area contributed by atoms with Crippen molar-refractivity contribution in [1.29, 1.82) is 0 Å². The number of nitrogens with zero attached hydrogens (tertiary/aromatic N) is 1. The fourth-order valence-corrected chi connectivity index (χ4v) is 3.91. The summed E-state index contributed by atoms with van der Waals surface area (Å²) >= 11 is 0. The van der Waals surface area contributed by atoms with E-state index in [-0.39, 0.29) is 37.6 Å². The van der Waals surface area contributed by atoms with Crippen LogP contribution >= 0.6 is 0 Å². The van der Waals surface area contributed by atoms with E-state index < -0.39 is 12.4 Å². The maximum Gasteiger partial charge on any atom is 0.508 e. The largest absolute Gasteiger partial charge is 0.508 e. The molecule has 38 heavy (non-hydrogen) atoms. The van der Waals surface area contributed by atoms with E-state index in [4.69, 9.17) is 23.7 Å². The first-order valence-electron chi connectivity index (χ1n) is 15.0. The predicted molar refractivity (Wildman–Crippen MR) is 152 cm³/mol. The molecule has 0 fully saturated rings. The van der Waals surface area contributed by atoms with Crippen LogP contribution in [0.25, 0.3) is 0 Å². The van der Waals surface area contributed by atoms with Gasteiger partial charge in [-0.2, -0.15) is 0 Å². The van der Waals surface area contributed by atoms with Crippen LogP contribution in [-0.2, 0) is 28.5 Å². The SMILES string of the molecule is [CH2]C(COC(=O)CCC(OCCCCCCCC)OCCCCCCCC)COC(=O)OC(C)CN(C)C. The van der Waals surface area contributed by atoms with Crippen molar-refractivity contribution in [2.24, 2.45) is 5.92 Å². The van der Waals surface area contributed by atoms with Crippen LogP contribution in [0.15, 0.2) is 0 Å². The van der Waals surface area contributed by atoms with E-state index in [1.165, 1.54) is 51.4 Å². The minimum atomic E-state index is -0.743. The van der Waals surface area contributed by atoms with E-state index in [9.17, 15) is 9.59 Å². The molecule has 2 atom stereocenters. The molecule has 1 radical (unpaired) electrons. The Morgan fingerprint density at radius 2 is 1.26 bits per heavy atom. The number of carbonyl (C=O) groups excluding carboxylic acids is 2. The molecule has 0 aromatic rings. The average Bonchev–Trinajstić information content (AvgIpc) is 2.87. The van der Waals surface area contributed by atoms with Crippen LogP contribution in [0.3, 0.4) is 0 Å². The molecule has 8 nitrogen and oxygen atoms in total. The molecular weight excluding hydrogens is 486 g/mol. The lowest BCUT2D eigenvalue weighted by Crippen LogP contribution is -2.29. The van der Waals surface area contributed by atoms with Crippen LogP contribution in [0.1, 0.15) is 111 Å². The van der Waals surface area contributed by atoms with Gasteiger partial charge >= 0.3 is 12.1 Å². The van der Waals surface area contributed by atoms with Gasteiger partial charge in [0.25, 0.3) is 0 Å². The van der Waals surface area contributed by atoms with E-state index in [1.807, 2.05) is 19.0 Å². The predicted octanol–water partition coefficient (Wildman–Crippen LogP) is 6.94. The summed E-state index contributed by atoms with van der Waals surface area (Å²) in [5.74, 6) is -0.712. The Labute approximate surface area is 233 Å². The number of unbranched alkanes of at least 4 members (excludes halogenated alkanes) is 10.